The van der Waals surface area contributed by atoms with E-state index in [1.807, 2.05) is 0 Å². The Morgan fingerprint density at radius 3 is 2.57 bits per heavy atom. The summed E-state index contributed by atoms with van der Waals surface area (Å²) in [5, 5.41) is 0.396. The van der Waals surface area contributed by atoms with Gasteiger partial charge in [-0.05, 0) is 25.0 Å². The zero-order valence-electron chi connectivity index (χ0n) is 11.7. The third kappa shape index (κ3) is 1.90. The molecule has 3 rings (SSSR count). The minimum absolute atomic E-state index is 0.396. The molecule has 1 saturated carbocycles. The van der Waals surface area contributed by atoms with E-state index in [2.05, 4.69) is 4.98 Å². The summed E-state index contributed by atoms with van der Waals surface area (Å²) >= 11 is 0. The number of ether oxygens (including phenoxy) is 1. The number of carbonyl (C=O) groups is 1. The van der Waals surface area contributed by atoms with Crippen LogP contribution in [0.2, 0.25) is 0 Å². The second-order valence-electron chi connectivity index (χ2n) is 5.35. The topological polar surface area (TPSA) is 81.2 Å². The summed E-state index contributed by atoms with van der Waals surface area (Å²) in [4.78, 5) is 40.0. The number of aromatic amines is 1. The number of esters is 1. The van der Waals surface area contributed by atoms with Crippen molar-refractivity contribution in [1.82, 2.24) is 9.55 Å². The lowest BCUT2D eigenvalue weighted by Gasteiger charge is -2.27. The van der Waals surface area contributed by atoms with E-state index in [-0.39, 0.29) is 0 Å². The Morgan fingerprint density at radius 2 is 1.90 bits per heavy atom. The summed E-state index contributed by atoms with van der Waals surface area (Å²) in [5.74, 6) is -0.525. The highest BCUT2D eigenvalue weighted by Crippen LogP contribution is 2.36. The summed E-state index contributed by atoms with van der Waals surface area (Å²) in [5.41, 5.74) is -1.71. The molecule has 1 aliphatic rings. The normalized spacial score (nSPS) is 17.0. The standard InChI is InChI=1S/C15H16N2O4/c1-21-13(19)15(8-4-5-9-15)17-12(18)10-6-2-3-7-11(10)16-14(17)20/h2-3,6-7H,4-5,8-9H2,1H3,(H,16,20). The average Bonchev–Trinajstić information content (AvgIpc) is 2.97. The predicted molar refractivity (Wildman–Crippen MR) is 77.3 cm³/mol. The van der Waals surface area contributed by atoms with Gasteiger partial charge in [-0.3, -0.25) is 4.79 Å². The minimum Gasteiger partial charge on any atom is -0.467 e. The number of nitrogens with zero attached hydrogens (tertiary/aromatic N) is 1. The number of aromatic nitrogens is 2. The molecule has 110 valence electrons. The highest BCUT2D eigenvalue weighted by molar-refractivity contribution is 5.81. The largest absolute Gasteiger partial charge is 0.467 e. The SMILES string of the molecule is COC(=O)C1(n2c(=O)[nH]c3ccccc3c2=O)CCCC1. The lowest BCUT2D eigenvalue weighted by atomic mass is 9.97. The van der Waals surface area contributed by atoms with Crippen LogP contribution in [0.3, 0.4) is 0 Å². The summed E-state index contributed by atoms with van der Waals surface area (Å²) in [6.07, 6.45) is 2.46. The summed E-state index contributed by atoms with van der Waals surface area (Å²) in [6, 6.07) is 6.78. The second kappa shape index (κ2) is 4.87. The van der Waals surface area contributed by atoms with Gasteiger partial charge in [0.15, 0.2) is 0 Å². The fourth-order valence-electron chi connectivity index (χ4n) is 3.22. The van der Waals surface area contributed by atoms with Crippen molar-refractivity contribution < 1.29 is 9.53 Å². The summed E-state index contributed by atoms with van der Waals surface area (Å²) in [6.45, 7) is 0. The number of nitrogens with one attached hydrogen (secondary N) is 1. The van der Waals surface area contributed by atoms with Gasteiger partial charge in [0.25, 0.3) is 5.56 Å². The van der Waals surface area contributed by atoms with Crippen molar-refractivity contribution in [2.75, 3.05) is 7.11 Å². The van der Waals surface area contributed by atoms with Crippen LogP contribution < -0.4 is 11.2 Å². The van der Waals surface area contributed by atoms with Gasteiger partial charge in [0.2, 0.25) is 0 Å². The van der Waals surface area contributed by atoms with Crippen LogP contribution in [0.4, 0.5) is 0 Å². The lowest BCUT2D eigenvalue weighted by Crippen LogP contribution is -2.53. The maximum atomic E-state index is 12.7. The van der Waals surface area contributed by atoms with Crippen molar-refractivity contribution in [3.05, 3.63) is 45.1 Å². The number of hydrogen-bond donors (Lipinski definition) is 1. The molecule has 0 unspecified atom stereocenters. The maximum absolute atomic E-state index is 12.7. The molecule has 0 saturated heterocycles. The Hall–Kier alpha value is -2.37. The zero-order valence-corrected chi connectivity index (χ0v) is 11.7. The first-order chi connectivity index (χ1) is 10.1. The van der Waals surface area contributed by atoms with Crippen LogP contribution in [0.5, 0.6) is 0 Å². The third-order valence-electron chi connectivity index (χ3n) is 4.23. The Morgan fingerprint density at radius 1 is 1.24 bits per heavy atom. The molecule has 0 spiro atoms. The molecule has 0 bridgehead atoms. The van der Waals surface area contributed by atoms with Gasteiger partial charge < -0.3 is 9.72 Å². The molecule has 1 aromatic carbocycles. The molecule has 21 heavy (non-hydrogen) atoms. The number of methoxy groups -OCH3 is 1. The Kier molecular flexibility index (Phi) is 3.16. The average molecular weight is 288 g/mol. The highest BCUT2D eigenvalue weighted by atomic mass is 16.5. The van der Waals surface area contributed by atoms with E-state index in [1.54, 1.807) is 24.3 Å². The van der Waals surface area contributed by atoms with Gasteiger partial charge in [0.05, 0.1) is 18.0 Å². The van der Waals surface area contributed by atoms with Gasteiger partial charge in [-0.15, -0.1) is 0 Å². The quantitative estimate of drug-likeness (QED) is 0.840. The van der Waals surface area contributed by atoms with Gasteiger partial charge in [0, 0.05) is 0 Å². The first kappa shape index (κ1) is 13.6. The van der Waals surface area contributed by atoms with Crippen LogP contribution in [0.25, 0.3) is 10.9 Å². The summed E-state index contributed by atoms with van der Waals surface area (Å²) in [7, 11) is 1.28. The smallest absolute Gasteiger partial charge is 0.332 e. The number of benzene rings is 1. The van der Waals surface area contributed by atoms with E-state index in [9.17, 15) is 14.4 Å². The third-order valence-corrected chi connectivity index (χ3v) is 4.23. The zero-order chi connectivity index (χ0) is 15.0. The first-order valence-corrected chi connectivity index (χ1v) is 6.93. The number of H-pyrrole nitrogens is 1. The predicted octanol–water partition coefficient (Wildman–Crippen LogP) is 1.13. The van der Waals surface area contributed by atoms with Gasteiger partial charge in [0.1, 0.15) is 5.54 Å². The molecular formula is C15H16N2O4. The molecule has 1 aromatic heterocycles. The van der Waals surface area contributed by atoms with E-state index in [4.69, 9.17) is 4.74 Å². The summed E-state index contributed by atoms with van der Waals surface area (Å²) < 4.78 is 5.91. The van der Waals surface area contributed by atoms with E-state index >= 15 is 0 Å². The molecule has 6 nitrogen and oxygen atoms in total. The highest BCUT2D eigenvalue weighted by Gasteiger charge is 2.46. The van der Waals surface area contributed by atoms with Crippen molar-refractivity contribution in [1.29, 1.82) is 0 Å². The van der Waals surface area contributed by atoms with E-state index < -0.39 is 22.8 Å². The van der Waals surface area contributed by atoms with Crippen molar-refractivity contribution in [3.63, 3.8) is 0 Å². The Bertz CT molecular complexity index is 812. The second-order valence-corrected chi connectivity index (χ2v) is 5.35. The first-order valence-electron chi connectivity index (χ1n) is 6.93. The van der Waals surface area contributed by atoms with Crippen LogP contribution in [0.15, 0.2) is 33.9 Å². The molecule has 0 aliphatic heterocycles. The molecule has 1 heterocycles. The molecule has 0 radical (unpaired) electrons. The number of para-hydroxylation sites is 1. The van der Waals surface area contributed by atoms with Gasteiger partial charge in [-0.1, -0.05) is 25.0 Å². The van der Waals surface area contributed by atoms with E-state index in [1.165, 1.54) is 7.11 Å². The van der Waals surface area contributed by atoms with Crippen molar-refractivity contribution in [2.45, 2.75) is 31.2 Å². The Balaban J connectivity index is 2.36. The van der Waals surface area contributed by atoms with Gasteiger partial charge >= 0.3 is 11.7 Å². The van der Waals surface area contributed by atoms with Crippen LogP contribution >= 0.6 is 0 Å². The molecule has 1 fully saturated rings. The molecule has 1 N–H and O–H groups in total. The van der Waals surface area contributed by atoms with Crippen molar-refractivity contribution >= 4 is 16.9 Å². The number of carbonyl (C=O) groups excluding carboxylic acids is 1. The lowest BCUT2D eigenvalue weighted by molar-refractivity contribution is -0.151. The monoisotopic (exact) mass is 288 g/mol. The molecule has 0 atom stereocenters. The van der Waals surface area contributed by atoms with E-state index in [0.29, 0.717) is 23.7 Å². The fourth-order valence-corrected chi connectivity index (χ4v) is 3.22. The molecular weight excluding hydrogens is 272 g/mol. The number of hydrogen-bond acceptors (Lipinski definition) is 4. The van der Waals surface area contributed by atoms with Crippen LogP contribution in [-0.4, -0.2) is 22.6 Å². The number of fused-ring (bicyclic) bond motifs is 1. The van der Waals surface area contributed by atoms with Gasteiger partial charge in [-0.2, -0.15) is 0 Å². The number of rotatable bonds is 2. The Labute approximate surface area is 120 Å². The van der Waals surface area contributed by atoms with Gasteiger partial charge in [-0.25, -0.2) is 14.2 Å². The van der Waals surface area contributed by atoms with Crippen molar-refractivity contribution in [3.8, 4) is 0 Å². The van der Waals surface area contributed by atoms with Crippen LogP contribution in [-0.2, 0) is 15.1 Å². The van der Waals surface area contributed by atoms with Crippen LogP contribution in [0.1, 0.15) is 25.7 Å². The molecule has 6 heteroatoms. The fraction of sp³-hybridized carbons (Fsp3) is 0.400. The van der Waals surface area contributed by atoms with Crippen LogP contribution in [0, 0.1) is 0 Å². The van der Waals surface area contributed by atoms with E-state index in [0.717, 1.165) is 17.4 Å². The van der Waals surface area contributed by atoms with Crippen molar-refractivity contribution in [2.24, 2.45) is 0 Å². The minimum atomic E-state index is -1.18. The molecule has 2 aromatic rings. The molecule has 1 aliphatic carbocycles. The molecule has 0 amide bonds. The maximum Gasteiger partial charge on any atom is 0.332 e.